The van der Waals surface area contributed by atoms with Crippen LogP contribution in [0.15, 0.2) is 30.2 Å². The van der Waals surface area contributed by atoms with Gasteiger partial charge in [-0.3, -0.25) is 9.78 Å². The minimum atomic E-state index is -7.35. The number of nitriles is 1. The van der Waals surface area contributed by atoms with Crippen molar-refractivity contribution < 1.29 is 70.1 Å². The van der Waals surface area contributed by atoms with Crippen molar-refractivity contribution in [2.45, 2.75) is 68.0 Å². The molecular weight excluding hydrogens is 630 g/mol. The zero-order chi connectivity index (χ0) is 32.6. The normalized spacial score (nSPS) is 20.5. The van der Waals surface area contributed by atoms with Crippen molar-refractivity contribution in [3.05, 3.63) is 41.4 Å². The zero-order valence-electron chi connectivity index (χ0n) is 20.7. The predicted octanol–water partition coefficient (Wildman–Crippen LogP) is 6.34. The second kappa shape index (κ2) is 11.4. The molecule has 0 aliphatic heterocycles. The van der Waals surface area contributed by atoms with E-state index in [0.717, 1.165) is 31.2 Å². The van der Waals surface area contributed by atoms with Crippen molar-refractivity contribution >= 4 is 16.0 Å². The highest BCUT2D eigenvalue weighted by Crippen LogP contribution is 2.55. The van der Waals surface area contributed by atoms with Gasteiger partial charge in [-0.1, -0.05) is 12.8 Å². The number of rotatable bonds is 8. The highest BCUT2D eigenvalue weighted by atomic mass is 32.2. The third kappa shape index (κ3) is 7.03. The fourth-order valence-electron chi connectivity index (χ4n) is 3.70. The molecule has 0 saturated heterocycles. The van der Waals surface area contributed by atoms with Crippen molar-refractivity contribution in [1.29, 1.82) is 5.26 Å². The van der Waals surface area contributed by atoms with Gasteiger partial charge in [-0.2, -0.15) is 66.4 Å². The molecule has 0 bridgehead atoms. The lowest BCUT2D eigenvalue weighted by molar-refractivity contribution is -0.382. The number of hydrogen-bond donors (Lipinski definition) is 1. The van der Waals surface area contributed by atoms with Crippen LogP contribution in [0.3, 0.4) is 0 Å². The Labute approximate surface area is 229 Å². The van der Waals surface area contributed by atoms with Crippen LogP contribution in [-0.4, -0.2) is 42.6 Å². The second-order valence-electron chi connectivity index (χ2n) is 9.38. The van der Waals surface area contributed by atoms with E-state index in [1.54, 1.807) is 0 Å². The van der Waals surface area contributed by atoms with E-state index in [2.05, 4.69) is 9.17 Å². The molecule has 0 spiro atoms. The number of pyridine rings is 1. The third-order valence-electron chi connectivity index (χ3n) is 6.17. The topological polar surface area (TPSA) is 123 Å². The molecular formula is C22H19F12N3O4S. The summed E-state index contributed by atoms with van der Waals surface area (Å²) < 4.78 is 179. The highest BCUT2D eigenvalue weighted by Gasteiger charge is 2.86. The van der Waals surface area contributed by atoms with Crippen LogP contribution >= 0.6 is 0 Å². The summed E-state index contributed by atoms with van der Waals surface area (Å²) in [7, 11) is -6.93. The van der Waals surface area contributed by atoms with Gasteiger partial charge in [-0.05, 0) is 43.4 Å². The third-order valence-corrected chi connectivity index (χ3v) is 7.49. The highest BCUT2D eigenvalue weighted by molar-refractivity contribution is 7.88. The Hall–Kier alpha value is -3.24. The van der Waals surface area contributed by atoms with Gasteiger partial charge < -0.3 is 9.92 Å². The maximum atomic E-state index is 13.6. The van der Waals surface area contributed by atoms with Gasteiger partial charge in [0, 0.05) is 12.6 Å². The number of allylic oxidation sites excluding steroid dienone is 2. The quantitative estimate of drug-likeness (QED) is 0.259. The molecule has 0 aromatic carbocycles. The van der Waals surface area contributed by atoms with Gasteiger partial charge >= 0.3 is 39.6 Å². The largest absolute Gasteiger partial charge is 0.460 e. The first-order chi connectivity index (χ1) is 18.9. The number of hydrogen-bond acceptors (Lipinski definition) is 6. The molecule has 42 heavy (non-hydrogen) atoms. The van der Waals surface area contributed by atoms with Crippen LogP contribution in [0.2, 0.25) is 0 Å². The molecule has 236 valence electrons. The molecule has 1 atom stereocenters. The van der Waals surface area contributed by atoms with Crippen LogP contribution in [0.25, 0.3) is 0 Å². The van der Waals surface area contributed by atoms with Crippen LogP contribution in [-0.2, 0) is 20.5 Å². The summed E-state index contributed by atoms with van der Waals surface area (Å²) in [6.07, 6.45) is -8.52. The first-order valence-electron chi connectivity index (χ1n) is 11.4. The molecule has 1 heterocycles. The number of halogens is 12. The second-order valence-corrected chi connectivity index (χ2v) is 11.0. The van der Waals surface area contributed by atoms with Crippen molar-refractivity contribution in [3.8, 4) is 6.07 Å². The summed E-state index contributed by atoms with van der Waals surface area (Å²) in [6.45, 7) is 0. The average molecular weight is 649 g/mol. The number of alkyl halides is 12. The Kier molecular flexibility index (Phi) is 9.53. The number of amides is 1. The monoisotopic (exact) mass is 649 g/mol. The van der Waals surface area contributed by atoms with Crippen molar-refractivity contribution in [1.82, 2.24) is 4.98 Å². The number of nitrogens with zero attached hydrogens (tertiary/aromatic N) is 2. The first kappa shape index (κ1) is 35.0. The van der Waals surface area contributed by atoms with E-state index in [0.29, 0.717) is 6.42 Å². The van der Waals surface area contributed by atoms with E-state index >= 15 is 0 Å². The smallest absolute Gasteiger partial charge is 0.383 e. The maximum absolute atomic E-state index is 13.6. The summed E-state index contributed by atoms with van der Waals surface area (Å²) in [5, 5.41) is 2.40. The van der Waals surface area contributed by atoms with E-state index < -0.39 is 74.3 Å². The molecule has 1 saturated carbocycles. The molecule has 7 nitrogen and oxygen atoms in total. The Bertz CT molecular complexity index is 1350. The van der Waals surface area contributed by atoms with Gasteiger partial charge in [0.15, 0.2) is 5.69 Å². The van der Waals surface area contributed by atoms with Crippen molar-refractivity contribution in [3.63, 3.8) is 0 Å². The summed E-state index contributed by atoms with van der Waals surface area (Å²) in [5.41, 5.74) is 1.92. The van der Waals surface area contributed by atoms with Crippen LogP contribution < -0.4 is 5.73 Å². The summed E-state index contributed by atoms with van der Waals surface area (Å²) in [5.74, 6) is -16.4. The van der Waals surface area contributed by atoms with Gasteiger partial charge in [-0.25, -0.2) is 0 Å². The fourth-order valence-corrected chi connectivity index (χ4v) is 4.68. The Balaban J connectivity index is 0.000000395. The predicted molar refractivity (Wildman–Crippen MR) is 116 cm³/mol. The molecule has 1 aromatic rings. The number of nitrogens with two attached hydrogens (primary N) is 1. The molecule has 3 rings (SSSR count). The van der Waals surface area contributed by atoms with Crippen molar-refractivity contribution in [2.24, 2.45) is 17.1 Å². The Morgan fingerprint density at radius 2 is 1.62 bits per heavy atom. The molecule has 1 unspecified atom stereocenters. The molecule has 20 heteroatoms. The Morgan fingerprint density at radius 3 is 2.00 bits per heavy atom. The molecule has 1 aromatic heterocycles. The molecule has 0 radical (unpaired) electrons. The minimum Gasteiger partial charge on any atom is -0.383 e. The zero-order valence-corrected chi connectivity index (χ0v) is 21.5. The lowest BCUT2D eigenvalue weighted by Gasteiger charge is -2.33. The van der Waals surface area contributed by atoms with E-state index in [-0.39, 0.29) is 18.8 Å². The summed E-state index contributed by atoms with van der Waals surface area (Å²) >= 11 is 0. The van der Waals surface area contributed by atoms with E-state index in [9.17, 15) is 71.2 Å². The standard InChI is InChI=1S/C15H14F9NO3S.C7H5F3N2O/c16-12(17,14(20,21)22)13(18,19)15(23,24)29(26,27)28-10-3-5-11(8-25,6-4-10)7-9-1-2-9;8-7(9,10)5-4(6(11)13)2-1-3-12-5/h3,9H,1-2,4-7H2;1-3H,(H2,11,13). The van der Waals surface area contributed by atoms with E-state index in [4.69, 9.17) is 5.73 Å². The molecule has 2 aliphatic rings. The number of aromatic nitrogens is 1. The lowest BCUT2D eigenvalue weighted by Crippen LogP contribution is -2.63. The summed E-state index contributed by atoms with van der Waals surface area (Å²) in [4.78, 5) is 13.6. The van der Waals surface area contributed by atoms with Gasteiger partial charge in [0.25, 0.3) is 5.91 Å². The average Bonchev–Trinajstić information content (AvgIpc) is 3.68. The Morgan fingerprint density at radius 1 is 1.05 bits per heavy atom. The SMILES string of the molecule is N#CC1(CC2CC2)CC=C(OS(=O)(=O)C(F)(F)C(F)(F)C(F)(F)C(F)(F)F)CC1.NC(=O)c1cccnc1C(F)(F)F. The van der Waals surface area contributed by atoms with Gasteiger partial charge in [-0.15, -0.1) is 0 Å². The molecule has 2 aliphatic carbocycles. The van der Waals surface area contributed by atoms with Gasteiger partial charge in [0.05, 0.1) is 17.0 Å². The van der Waals surface area contributed by atoms with E-state index in [1.807, 2.05) is 6.07 Å². The first-order valence-corrected chi connectivity index (χ1v) is 12.8. The number of primary amides is 1. The number of carbonyl (C=O) groups is 1. The lowest BCUT2D eigenvalue weighted by atomic mass is 9.74. The van der Waals surface area contributed by atoms with Crippen LogP contribution in [0.5, 0.6) is 0 Å². The minimum absolute atomic E-state index is 0.0813. The summed E-state index contributed by atoms with van der Waals surface area (Å²) in [6, 6.07) is 4.22. The van der Waals surface area contributed by atoms with Crippen LogP contribution in [0.4, 0.5) is 52.7 Å². The molecule has 1 fully saturated rings. The van der Waals surface area contributed by atoms with Gasteiger partial charge in [0.1, 0.15) is 5.76 Å². The molecule has 1 amide bonds. The number of carbonyl (C=O) groups excluding carboxylic acids is 1. The fraction of sp³-hybridized carbons (Fsp3) is 0.591. The molecule has 2 N–H and O–H groups in total. The van der Waals surface area contributed by atoms with Crippen molar-refractivity contribution in [2.75, 3.05) is 0 Å². The van der Waals surface area contributed by atoms with Gasteiger partial charge in [0.2, 0.25) is 0 Å². The van der Waals surface area contributed by atoms with Crippen LogP contribution in [0.1, 0.15) is 54.6 Å². The van der Waals surface area contributed by atoms with Crippen LogP contribution in [0, 0.1) is 22.7 Å². The van der Waals surface area contributed by atoms with E-state index in [1.165, 1.54) is 6.07 Å². The maximum Gasteiger partial charge on any atom is 0.460 e.